The maximum absolute atomic E-state index is 12.6. The van der Waals surface area contributed by atoms with Gasteiger partial charge in [0.1, 0.15) is 0 Å². The number of azo groups is 1. The second-order valence-corrected chi connectivity index (χ2v) is 6.69. The number of ketones is 1. The number of ether oxygens (including phenoxy) is 2. The summed E-state index contributed by atoms with van der Waals surface area (Å²) in [6.07, 6.45) is 0. The minimum Gasteiger partial charge on any atom is -0.493 e. The number of carbonyl (C=O) groups is 2. The molecule has 1 amide bonds. The second-order valence-electron chi connectivity index (χ2n) is 5.84. The van der Waals surface area contributed by atoms with Crippen LogP contribution in [0.2, 0.25) is 10.0 Å². The Bertz CT molecular complexity index is 932. The van der Waals surface area contributed by atoms with Crippen molar-refractivity contribution in [1.82, 2.24) is 0 Å². The number of aryl methyl sites for hydroxylation is 1. The average Bonchev–Trinajstić information content (AvgIpc) is 2.63. The standard InChI is InChI=1S/C19H19Cl2N3O4/c1-10-5-6-12(20)7-15(10)23-24-17(11(2)25)19(26)22-13-8-14(21)18(28-4)16(9-13)27-3/h5-9,17H,1-4H3,(H,22,26). The van der Waals surface area contributed by atoms with Crippen molar-refractivity contribution in [2.24, 2.45) is 10.2 Å². The van der Waals surface area contributed by atoms with Gasteiger partial charge in [0, 0.05) is 16.8 Å². The van der Waals surface area contributed by atoms with E-state index in [9.17, 15) is 9.59 Å². The van der Waals surface area contributed by atoms with Gasteiger partial charge < -0.3 is 14.8 Å². The highest BCUT2D eigenvalue weighted by Crippen LogP contribution is 2.37. The first kappa shape index (κ1) is 21.7. The van der Waals surface area contributed by atoms with Crippen molar-refractivity contribution in [3.8, 4) is 11.5 Å². The molecule has 0 aliphatic carbocycles. The number of carbonyl (C=O) groups excluding carboxylic acids is 2. The number of Topliss-reactive ketones (excluding diaryl/α,β-unsaturated/α-hetero) is 1. The van der Waals surface area contributed by atoms with Crippen LogP contribution in [-0.2, 0) is 9.59 Å². The first-order valence-corrected chi connectivity index (χ1v) is 8.92. The number of hydrogen-bond donors (Lipinski definition) is 1. The third kappa shape index (κ3) is 5.21. The molecule has 2 rings (SSSR count). The van der Waals surface area contributed by atoms with Crippen LogP contribution in [0.3, 0.4) is 0 Å². The maximum Gasteiger partial charge on any atom is 0.258 e. The lowest BCUT2D eigenvalue weighted by Crippen LogP contribution is -2.31. The Hall–Kier alpha value is -2.64. The van der Waals surface area contributed by atoms with Crippen molar-refractivity contribution in [1.29, 1.82) is 0 Å². The van der Waals surface area contributed by atoms with Crippen LogP contribution in [0, 0.1) is 6.92 Å². The molecule has 7 nitrogen and oxygen atoms in total. The Morgan fingerprint density at radius 1 is 1.11 bits per heavy atom. The molecule has 0 spiro atoms. The van der Waals surface area contributed by atoms with Gasteiger partial charge in [-0.15, -0.1) is 0 Å². The molecule has 0 bridgehead atoms. The van der Waals surface area contributed by atoms with Gasteiger partial charge in [-0.05, 0) is 37.6 Å². The molecule has 0 saturated heterocycles. The Labute approximate surface area is 172 Å². The number of amides is 1. The largest absolute Gasteiger partial charge is 0.493 e. The number of rotatable bonds is 7. The first-order chi connectivity index (χ1) is 13.3. The fraction of sp³-hybridized carbons (Fsp3) is 0.263. The van der Waals surface area contributed by atoms with Crippen LogP contribution in [0.1, 0.15) is 12.5 Å². The summed E-state index contributed by atoms with van der Waals surface area (Å²) in [7, 11) is 2.89. The molecule has 9 heteroatoms. The summed E-state index contributed by atoms with van der Waals surface area (Å²) in [6, 6.07) is 6.76. The lowest BCUT2D eigenvalue weighted by atomic mass is 10.2. The summed E-state index contributed by atoms with van der Waals surface area (Å²) in [5, 5.41) is 11.2. The van der Waals surface area contributed by atoms with Gasteiger partial charge in [0.15, 0.2) is 17.3 Å². The van der Waals surface area contributed by atoms with Gasteiger partial charge in [-0.2, -0.15) is 10.2 Å². The van der Waals surface area contributed by atoms with E-state index in [-0.39, 0.29) is 5.02 Å². The van der Waals surface area contributed by atoms with E-state index in [4.69, 9.17) is 32.7 Å². The monoisotopic (exact) mass is 423 g/mol. The predicted molar refractivity (Wildman–Crippen MR) is 108 cm³/mol. The fourth-order valence-electron chi connectivity index (χ4n) is 2.33. The van der Waals surface area contributed by atoms with Crippen molar-refractivity contribution in [2.45, 2.75) is 19.9 Å². The third-order valence-corrected chi connectivity index (χ3v) is 4.30. The van der Waals surface area contributed by atoms with Crippen LogP contribution in [-0.4, -0.2) is 32.0 Å². The van der Waals surface area contributed by atoms with Gasteiger partial charge in [-0.3, -0.25) is 9.59 Å². The van der Waals surface area contributed by atoms with E-state index in [2.05, 4.69) is 15.5 Å². The minimum atomic E-state index is -1.33. The van der Waals surface area contributed by atoms with E-state index in [1.807, 2.05) is 6.92 Å². The number of nitrogens with one attached hydrogen (secondary N) is 1. The molecule has 0 fully saturated rings. The van der Waals surface area contributed by atoms with Crippen molar-refractivity contribution in [3.63, 3.8) is 0 Å². The Morgan fingerprint density at radius 2 is 1.82 bits per heavy atom. The minimum absolute atomic E-state index is 0.243. The van der Waals surface area contributed by atoms with Crippen molar-refractivity contribution in [3.05, 3.63) is 45.9 Å². The van der Waals surface area contributed by atoms with E-state index in [0.717, 1.165) is 5.56 Å². The molecule has 0 aliphatic heterocycles. The molecule has 0 saturated carbocycles. The Morgan fingerprint density at radius 3 is 2.43 bits per heavy atom. The zero-order valence-electron chi connectivity index (χ0n) is 15.7. The predicted octanol–water partition coefficient (Wildman–Crippen LogP) is 5.00. The number of methoxy groups -OCH3 is 2. The molecule has 1 N–H and O–H groups in total. The van der Waals surface area contributed by atoms with E-state index >= 15 is 0 Å². The van der Waals surface area contributed by atoms with Crippen molar-refractivity contribution >= 4 is 46.3 Å². The highest BCUT2D eigenvalue weighted by atomic mass is 35.5. The molecule has 2 aromatic rings. The first-order valence-electron chi connectivity index (χ1n) is 8.16. The zero-order chi connectivity index (χ0) is 20.8. The number of nitrogens with zero attached hydrogens (tertiary/aromatic N) is 2. The number of hydrogen-bond acceptors (Lipinski definition) is 6. The van der Waals surface area contributed by atoms with Crippen molar-refractivity contribution in [2.75, 3.05) is 19.5 Å². The maximum atomic E-state index is 12.6. The van der Waals surface area contributed by atoms with E-state index in [1.54, 1.807) is 18.2 Å². The topological polar surface area (TPSA) is 89.4 Å². The van der Waals surface area contributed by atoms with Gasteiger partial charge in [-0.1, -0.05) is 29.3 Å². The summed E-state index contributed by atoms with van der Waals surface area (Å²) in [6.45, 7) is 3.08. The van der Waals surface area contributed by atoms with Crippen LogP contribution in [0.25, 0.3) is 0 Å². The number of anilines is 1. The summed E-state index contributed by atoms with van der Waals surface area (Å²) in [4.78, 5) is 24.5. The molecule has 0 heterocycles. The highest BCUT2D eigenvalue weighted by molar-refractivity contribution is 6.32. The molecule has 0 aliphatic rings. The van der Waals surface area contributed by atoms with Gasteiger partial charge >= 0.3 is 0 Å². The number of halogens is 2. The average molecular weight is 424 g/mol. The van der Waals surface area contributed by atoms with Crippen molar-refractivity contribution < 1.29 is 19.1 Å². The van der Waals surface area contributed by atoms with Crippen LogP contribution in [0.4, 0.5) is 11.4 Å². The Balaban J connectivity index is 2.26. The van der Waals surface area contributed by atoms with Crippen LogP contribution < -0.4 is 14.8 Å². The summed E-state index contributed by atoms with van der Waals surface area (Å²) in [5.74, 6) is -0.450. The fourth-order valence-corrected chi connectivity index (χ4v) is 2.78. The summed E-state index contributed by atoms with van der Waals surface area (Å²) >= 11 is 12.1. The quantitative estimate of drug-likeness (QED) is 0.501. The molecule has 2 aromatic carbocycles. The number of benzene rings is 2. The summed E-state index contributed by atoms with van der Waals surface area (Å²) in [5.41, 5.74) is 1.61. The smallest absolute Gasteiger partial charge is 0.258 e. The van der Waals surface area contributed by atoms with Gasteiger partial charge in [0.2, 0.25) is 6.04 Å². The lowest BCUT2D eigenvalue weighted by Gasteiger charge is -2.14. The van der Waals surface area contributed by atoms with Gasteiger partial charge in [0.05, 0.1) is 24.9 Å². The van der Waals surface area contributed by atoms with Gasteiger partial charge in [0.25, 0.3) is 5.91 Å². The normalized spacial score (nSPS) is 11.9. The van der Waals surface area contributed by atoms with E-state index in [1.165, 1.54) is 33.3 Å². The van der Waals surface area contributed by atoms with Crippen LogP contribution >= 0.6 is 23.2 Å². The van der Waals surface area contributed by atoms with Gasteiger partial charge in [-0.25, -0.2) is 0 Å². The second kappa shape index (κ2) is 9.52. The van der Waals surface area contributed by atoms with Crippen LogP contribution in [0.5, 0.6) is 11.5 Å². The molecular weight excluding hydrogens is 405 g/mol. The SMILES string of the molecule is COc1cc(NC(=O)C(N=Nc2cc(Cl)ccc2C)C(C)=O)cc(Cl)c1OC. The van der Waals surface area contributed by atoms with E-state index in [0.29, 0.717) is 27.9 Å². The Kier molecular flexibility index (Phi) is 7.37. The molecule has 1 unspecified atom stereocenters. The summed E-state index contributed by atoms with van der Waals surface area (Å²) < 4.78 is 10.3. The lowest BCUT2D eigenvalue weighted by molar-refractivity contribution is -0.126. The third-order valence-electron chi connectivity index (χ3n) is 3.79. The molecule has 0 aromatic heterocycles. The highest BCUT2D eigenvalue weighted by Gasteiger charge is 2.24. The molecule has 0 radical (unpaired) electrons. The van der Waals surface area contributed by atoms with E-state index < -0.39 is 17.7 Å². The van der Waals surface area contributed by atoms with Crippen LogP contribution in [0.15, 0.2) is 40.6 Å². The zero-order valence-corrected chi connectivity index (χ0v) is 17.3. The molecule has 1 atom stereocenters. The molecule has 28 heavy (non-hydrogen) atoms. The molecular formula is C19H19Cl2N3O4. The molecule has 148 valence electrons.